The minimum Gasteiger partial charge on any atom is -0.481 e. The van der Waals surface area contributed by atoms with Gasteiger partial charge in [0.1, 0.15) is 0 Å². The van der Waals surface area contributed by atoms with Gasteiger partial charge in [0, 0.05) is 17.4 Å². The lowest BCUT2D eigenvalue weighted by Gasteiger charge is -2.22. The standard InChI is InChI=1S/C13H14O3/c1-8-3-4-10-9(5-8)11(14)6-13(10,2)7-12(15)16/h3-5H,6-7H2,1-2H3,(H,15,16). The Balaban J connectivity index is 2.50. The van der Waals surface area contributed by atoms with E-state index in [4.69, 9.17) is 5.11 Å². The number of Topliss-reactive ketones (excluding diaryl/α,β-unsaturated/α-hetero) is 1. The molecule has 1 N–H and O–H groups in total. The molecule has 2 rings (SSSR count). The number of carbonyl (C=O) groups is 2. The molecule has 0 heterocycles. The largest absolute Gasteiger partial charge is 0.481 e. The molecule has 1 aliphatic rings. The summed E-state index contributed by atoms with van der Waals surface area (Å²) in [7, 11) is 0. The van der Waals surface area contributed by atoms with Gasteiger partial charge in [-0.25, -0.2) is 0 Å². The summed E-state index contributed by atoms with van der Waals surface area (Å²) in [6.07, 6.45) is 0.312. The van der Waals surface area contributed by atoms with E-state index in [1.54, 1.807) is 0 Å². The maximum atomic E-state index is 11.8. The highest BCUT2D eigenvalue weighted by molar-refractivity contribution is 6.02. The van der Waals surface area contributed by atoms with Gasteiger partial charge in [-0.1, -0.05) is 24.6 Å². The van der Waals surface area contributed by atoms with E-state index >= 15 is 0 Å². The smallest absolute Gasteiger partial charge is 0.304 e. The zero-order chi connectivity index (χ0) is 11.9. The molecule has 1 aromatic carbocycles. The summed E-state index contributed by atoms with van der Waals surface area (Å²) in [4.78, 5) is 22.7. The molecule has 3 nitrogen and oxygen atoms in total. The number of rotatable bonds is 2. The van der Waals surface area contributed by atoms with E-state index < -0.39 is 11.4 Å². The fraction of sp³-hybridized carbons (Fsp3) is 0.385. The average molecular weight is 218 g/mol. The maximum absolute atomic E-state index is 11.8. The Kier molecular flexibility index (Phi) is 2.34. The van der Waals surface area contributed by atoms with Crippen LogP contribution in [0.2, 0.25) is 0 Å². The molecule has 0 saturated heterocycles. The van der Waals surface area contributed by atoms with Crippen LogP contribution >= 0.6 is 0 Å². The van der Waals surface area contributed by atoms with Crippen LogP contribution in [0, 0.1) is 6.92 Å². The molecule has 0 bridgehead atoms. The zero-order valence-electron chi connectivity index (χ0n) is 9.41. The number of carboxylic acids is 1. The topological polar surface area (TPSA) is 54.4 Å². The molecule has 1 aromatic rings. The molecule has 84 valence electrons. The third kappa shape index (κ3) is 1.62. The lowest BCUT2D eigenvalue weighted by atomic mass is 9.81. The zero-order valence-corrected chi connectivity index (χ0v) is 9.41. The van der Waals surface area contributed by atoms with Gasteiger partial charge in [0.15, 0.2) is 5.78 Å². The Morgan fingerprint density at radius 3 is 2.81 bits per heavy atom. The first-order valence-electron chi connectivity index (χ1n) is 5.28. The molecule has 0 aliphatic heterocycles. The van der Waals surface area contributed by atoms with Crippen molar-refractivity contribution in [2.24, 2.45) is 0 Å². The SMILES string of the molecule is Cc1ccc2c(c1)C(=O)CC2(C)CC(=O)O. The predicted octanol–water partition coefficient (Wildman–Crippen LogP) is 2.31. The molecule has 1 aliphatic carbocycles. The molecule has 16 heavy (non-hydrogen) atoms. The number of fused-ring (bicyclic) bond motifs is 1. The summed E-state index contributed by atoms with van der Waals surface area (Å²) in [6, 6.07) is 5.67. The van der Waals surface area contributed by atoms with Crippen LogP contribution < -0.4 is 0 Å². The first kappa shape index (κ1) is 10.9. The highest BCUT2D eigenvalue weighted by Gasteiger charge is 2.40. The molecule has 0 fully saturated rings. The molecule has 0 radical (unpaired) electrons. The van der Waals surface area contributed by atoms with Gasteiger partial charge in [-0.15, -0.1) is 0 Å². The van der Waals surface area contributed by atoms with Crippen LogP contribution in [-0.4, -0.2) is 16.9 Å². The molecule has 3 heteroatoms. The van der Waals surface area contributed by atoms with E-state index in [2.05, 4.69) is 0 Å². The van der Waals surface area contributed by atoms with Crippen molar-refractivity contribution in [2.45, 2.75) is 32.1 Å². The van der Waals surface area contributed by atoms with Gasteiger partial charge in [0.2, 0.25) is 0 Å². The van der Waals surface area contributed by atoms with Crippen molar-refractivity contribution in [2.75, 3.05) is 0 Å². The van der Waals surface area contributed by atoms with Gasteiger partial charge in [0.05, 0.1) is 6.42 Å². The first-order valence-corrected chi connectivity index (χ1v) is 5.28. The molecule has 0 spiro atoms. The fourth-order valence-electron chi connectivity index (χ4n) is 2.45. The van der Waals surface area contributed by atoms with Crippen LogP contribution in [0.15, 0.2) is 18.2 Å². The third-order valence-corrected chi connectivity index (χ3v) is 3.22. The number of hydrogen-bond acceptors (Lipinski definition) is 2. The Morgan fingerprint density at radius 1 is 1.50 bits per heavy atom. The van der Waals surface area contributed by atoms with E-state index in [1.807, 2.05) is 32.0 Å². The van der Waals surface area contributed by atoms with E-state index in [9.17, 15) is 9.59 Å². The Bertz CT molecular complexity index is 476. The van der Waals surface area contributed by atoms with Gasteiger partial charge >= 0.3 is 5.97 Å². The fourth-order valence-corrected chi connectivity index (χ4v) is 2.45. The second-order valence-electron chi connectivity index (χ2n) is 4.78. The van der Waals surface area contributed by atoms with Gasteiger partial charge < -0.3 is 5.11 Å². The van der Waals surface area contributed by atoms with Crippen molar-refractivity contribution < 1.29 is 14.7 Å². The number of benzene rings is 1. The number of ketones is 1. The van der Waals surface area contributed by atoms with Crippen LogP contribution in [0.5, 0.6) is 0 Å². The van der Waals surface area contributed by atoms with Crippen LogP contribution in [0.3, 0.4) is 0 Å². The highest BCUT2D eigenvalue weighted by atomic mass is 16.4. The Hall–Kier alpha value is -1.64. The van der Waals surface area contributed by atoms with Crippen molar-refractivity contribution in [3.8, 4) is 0 Å². The summed E-state index contributed by atoms with van der Waals surface area (Å²) in [5.41, 5.74) is 2.08. The number of hydrogen-bond donors (Lipinski definition) is 1. The van der Waals surface area contributed by atoms with Crippen molar-refractivity contribution >= 4 is 11.8 Å². The molecule has 0 amide bonds. The molecular formula is C13H14O3. The number of carbonyl (C=O) groups excluding carboxylic acids is 1. The summed E-state index contributed by atoms with van der Waals surface area (Å²) >= 11 is 0. The summed E-state index contributed by atoms with van der Waals surface area (Å²) in [6.45, 7) is 3.78. The molecule has 0 saturated carbocycles. The van der Waals surface area contributed by atoms with Crippen LogP contribution in [-0.2, 0) is 10.2 Å². The number of aryl methyl sites for hydroxylation is 1. The van der Waals surface area contributed by atoms with Crippen LogP contribution in [0.25, 0.3) is 0 Å². The quantitative estimate of drug-likeness (QED) is 0.828. The van der Waals surface area contributed by atoms with E-state index in [0.717, 1.165) is 11.1 Å². The second kappa shape index (κ2) is 3.44. The minimum absolute atomic E-state index is 0.00873. The van der Waals surface area contributed by atoms with Crippen molar-refractivity contribution in [3.05, 3.63) is 34.9 Å². The van der Waals surface area contributed by atoms with E-state index in [-0.39, 0.29) is 12.2 Å². The summed E-state index contributed by atoms with van der Waals surface area (Å²) in [5, 5.41) is 8.89. The highest BCUT2D eigenvalue weighted by Crippen LogP contribution is 2.41. The summed E-state index contributed by atoms with van der Waals surface area (Å²) < 4.78 is 0. The van der Waals surface area contributed by atoms with Gasteiger partial charge in [-0.3, -0.25) is 9.59 Å². The summed E-state index contributed by atoms with van der Waals surface area (Å²) in [5.74, 6) is -0.800. The van der Waals surface area contributed by atoms with Gasteiger partial charge in [-0.05, 0) is 18.6 Å². The van der Waals surface area contributed by atoms with E-state index in [0.29, 0.717) is 12.0 Å². The average Bonchev–Trinajstić information content (AvgIpc) is 2.37. The van der Waals surface area contributed by atoms with Crippen molar-refractivity contribution in [1.82, 2.24) is 0 Å². The lowest BCUT2D eigenvalue weighted by molar-refractivity contribution is -0.138. The normalized spacial score (nSPS) is 23.2. The maximum Gasteiger partial charge on any atom is 0.304 e. The van der Waals surface area contributed by atoms with Crippen LogP contribution in [0.4, 0.5) is 0 Å². The van der Waals surface area contributed by atoms with Crippen molar-refractivity contribution in [1.29, 1.82) is 0 Å². The number of aliphatic carboxylic acids is 1. The van der Waals surface area contributed by atoms with E-state index in [1.165, 1.54) is 0 Å². The van der Waals surface area contributed by atoms with Crippen LogP contribution in [0.1, 0.15) is 41.3 Å². The Morgan fingerprint density at radius 2 is 2.19 bits per heavy atom. The number of carboxylic acid groups (broad SMARTS) is 1. The molecular weight excluding hydrogens is 204 g/mol. The first-order chi connectivity index (χ1) is 7.42. The molecule has 1 unspecified atom stereocenters. The molecule has 1 atom stereocenters. The lowest BCUT2D eigenvalue weighted by Crippen LogP contribution is -2.23. The second-order valence-corrected chi connectivity index (χ2v) is 4.78. The van der Waals surface area contributed by atoms with Gasteiger partial charge in [0.25, 0.3) is 0 Å². The predicted molar refractivity (Wildman–Crippen MR) is 59.7 cm³/mol. The minimum atomic E-state index is -0.858. The Labute approximate surface area is 94.1 Å². The molecule has 0 aromatic heterocycles. The van der Waals surface area contributed by atoms with Gasteiger partial charge in [-0.2, -0.15) is 0 Å². The third-order valence-electron chi connectivity index (χ3n) is 3.22. The van der Waals surface area contributed by atoms with Crippen molar-refractivity contribution in [3.63, 3.8) is 0 Å². The monoisotopic (exact) mass is 218 g/mol.